The molecule has 0 heterocycles. The number of hydrogen-bond donors (Lipinski definition) is 1. The van der Waals surface area contributed by atoms with E-state index < -0.39 is 30.3 Å². The summed E-state index contributed by atoms with van der Waals surface area (Å²) < 4.78 is 44.4. The van der Waals surface area contributed by atoms with Crippen molar-refractivity contribution in [2.75, 3.05) is 25.2 Å². The molecule has 4 nitrogen and oxygen atoms in total. The number of ether oxygens (including phenoxy) is 1. The van der Waals surface area contributed by atoms with E-state index in [0.29, 0.717) is 11.4 Å². The van der Waals surface area contributed by atoms with Gasteiger partial charge in [0.15, 0.2) is 0 Å². The molecule has 0 aliphatic heterocycles. The number of carbonyl (C=O) groups excluding carboxylic acids is 1. The number of halogens is 3. The fourth-order valence-electron chi connectivity index (χ4n) is 2.48. The van der Waals surface area contributed by atoms with Gasteiger partial charge in [0.25, 0.3) is 0 Å². The molecular weight excluding hydrogens is 333 g/mol. The summed E-state index contributed by atoms with van der Waals surface area (Å²) in [5.41, 5.74) is 6.61. The smallest absolute Gasteiger partial charge is 0.244 e. The summed E-state index contributed by atoms with van der Waals surface area (Å²) in [7, 11) is 1.51. The Morgan fingerprint density at radius 3 is 2.28 bits per heavy atom. The molecule has 1 atom stereocenters. The number of nitrogens with zero attached hydrogens (tertiary/aromatic N) is 1. The van der Waals surface area contributed by atoms with Crippen LogP contribution in [0.3, 0.4) is 0 Å². The number of hydrogen-bond acceptors (Lipinski definition) is 3. The van der Waals surface area contributed by atoms with E-state index in [9.17, 15) is 18.0 Å². The van der Waals surface area contributed by atoms with Crippen molar-refractivity contribution in [3.63, 3.8) is 0 Å². The van der Waals surface area contributed by atoms with E-state index in [2.05, 4.69) is 0 Å². The molecule has 0 saturated carbocycles. The van der Waals surface area contributed by atoms with Gasteiger partial charge in [0.05, 0.1) is 19.7 Å². The number of amides is 1. The summed E-state index contributed by atoms with van der Waals surface area (Å²) in [6, 6.07) is 8.41. The van der Waals surface area contributed by atoms with Crippen LogP contribution in [-0.2, 0) is 11.2 Å². The highest BCUT2D eigenvalue weighted by Crippen LogP contribution is 2.20. The van der Waals surface area contributed by atoms with Gasteiger partial charge in [-0.2, -0.15) is 0 Å². The Kier molecular flexibility index (Phi) is 6.41. The van der Waals surface area contributed by atoms with Gasteiger partial charge in [0.2, 0.25) is 5.91 Å². The van der Waals surface area contributed by atoms with Gasteiger partial charge < -0.3 is 15.4 Å². The van der Waals surface area contributed by atoms with E-state index in [1.807, 2.05) is 0 Å². The second kappa shape index (κ2) is 8.53. The maximum atomic E-state index is 13.3. The quantitative estimate of drug-likeness (QED) is 0.834. The normalized spacial score (nSPS) is 11.9. The third kappa shape index (κ3) is 4.96. The molecule has 25 heavy (non-hydrogen) atoms. The van der Waals surface area contributed by atoms with E-state index >= 15 is 0 Å². The van der Waals surface area contributed by atoms with Crippen LogP contribution in [0.5, 0.6) is 5.75 Å². The molecule has 7 heteroatoms. The monoisotopic (exact) mass is 352 g/mol. The average Bonchev–Trinajstić information content (AvgIpc) is 2.58. The highest BCUT2D eigenvalue weighted by Gasteiger charge is 2.23. The van der Waals surface area contributed by atoms with E-state index in [0.717, 1.165) is 18.2 Å². The summed E-state index contributed by atoms with van der Waals surface area (Å²) in [5.74, 6) is -1.43. The Bertz CT molecular complexity index is 703. The number of methoxy groups -OCH3 is 1. The van der Waals surface area contributed by atoms with Crippen molar-refractivity contribution >= 4 is 11.6 Å². The lowest BCUT2D eigenvalue weighted by molar-refractivity contribution is -0.119. The van der Waals surface area contributed by atoms with Crippen LogP contribution in [0, 0.1) is 11.6 Å². The van der Waals surface area contributed by atoms with Crippen molar-refractivity contribution in [1.82, 2.24) is 0 Å². The first-order chi connectivity index (χ1) is 11.9. The Morgan fingerprint density at radius 2 is 1.76 bits per heavy atom. The Hall–Kier alpha value is -2.54. The number of carbonyl (C=O) groups is 1. The third-order valence-electron chi connectivity index (χ3n) is 3.65. The van der Waals surface area contributed by atoms with Crippen molar-refractivity contribution in [2.24, 2.45) is 5.73 Å². The maximum Gasteiger partial charge on any atom is 0.244 e. The molecule has 2 N–H and O–H groups in total. The standard InChI is InChI=1S/C18H19F3N2O2/c1-25-16-4-2-15(3-5-16)23(7-6-19)18(24)17(22)10-12-8-13(20)11-14(21)9-12/h2-5,8-9,11,17H,6-7,10,22H2,1H3/t17-/m0/s1. The van der Waals surface area contributed by atoms with Gasteiger partial charge >= 0.3 is 0 Å². The van der Waals surface area contributed by atoms with E-state index in [1.165, 1.54) is 12.0 Å². The lowest BCUT2D eigenvalue weighted by Crippen LogP contribution is -2.46. The summed E-state index contributed by atoms with van der Waals surface area (Å²) in [6.45, 7) is -0.921. The number of benzene rings is 2. The molecule has 0 radical (unpaired) electrons. The van der Waals surface area contributed by atoms with Gasteiger partial charge in [-0.25, -0.2) is 13.2 Å². The molecule has 0 spiro atoms. The van der Waals surface area contributed by atoms with Crippen LogP contribution in [0.4, 0.5) is 18.9 Å². The van der Waals surface area contributed by atoms with Gasteiger partial charge in [-0.15, -0.1) is 0 Å². The first-order valence-corrected chi connectivity index (χ1v) is 7.66. The molecule has 134 valence electrons. The second-order valence-electron chi connectivity index (χ2n) is 5.47. The number of anilines is 1. The minimum absolute atomic E-state index is 0.0630. The minimum atomic E-state index is -1.06. The van der Waals surface area contributed by atoms with Gasteiger partial charge in [0, 0.05) is 11.8 Å². The molecule has 2 aromatic rings. The van der Waals surface area contributed by atoms with Crippen molar-refractivity contribution in [1.29, 1.82) is 0 Å². The molecule has 2 aromatic carbocycles. The van der Waals surface area contributed by atoms with Crippen LogP contribution in [-0.4, -0.2) is 32.3 Å². The van der Waals surface area contributed by atoms with E-state index in [-0.39, 0.29) is 18.5 Å². The van der Waals surface area contributed by atoms with Gasteiger partial charge in [-0.05, 0) is 48.4 Å². The topological polar surface area (TPSA) is 55.6 Å². The second-order valence-corrected chi connectivity index (χ2v) is 5.47. The molecule has 0 bridgehead atoms. The molecule has 2 rings (SSSR count). The number of alkyl halides is 1. The maximum absolute atomic E-state index is 13.3. The highest BCUT2D eigenvalue weighted by molar-refractivity contribution is 5.97. The number of rotatable bonds is 7. The minimum Gasteiger partial charge on any atom is -0.497 e. The van der Waals surface area contributed by atoms with Gasteiger partial charge in [-0.1, -0.05) is 0 Å². The van der Waals surface area contributed by atoms with Crippen LogP contribution >= 0.6 is 0 Å². The average molecular weight is 352 g/mol. The molecule has 0 aliphatic carbocycles. The van der Waals surface area contributed by atoms with Crippen LogP contribution in [0.2, 0.25) is 0 Å². The Labute approximate surface area is 144 Å². The van der Waals surface area contributed by atoms with Crippen molar-refractivity contribution < 1.29 is 22.7 Å². The van der Waals surface area contributed by atoms with Crippen LogP contribution in [0.1, 0.15) is 5.56 Å². The summed E-state index contributed by atoms with van der Waals surface area (Å²) >= 11 is 0. The molecule has 0 aliphatic rings. The van der Waals surface area contributed by atoms with Crippen molar-refractivity contribution in [3.05, 3.63) is 59.7 Å². The zero-order chi connectivity index (χ0) is 18.4. The fraction of sp³-hybridized carbons (Fsp3) is 0.278. The van der Waals surface area contributed by atoms with Crippen molar-refractivity contribution in [2.45, 2.75) is 12.5 Å². The SMILES string of the molecule is COc1ccc(N(CCF)C(=O)[C@@H](N)Cc2cc(F)cc(F)c2)cc1. The number of nitrogens with two attached hydrogens (primary N) is 1. The molecule has 0 aromatic heterocycles. The van der Waals surface area contributed by atoms with Gasteiger partial charge in [-0.3, -0.25) is 4.79 Å². The predicted octanol–water partition coefficient (Wildman–Crippen LogP) is 2.85. The first-order valence-electron chi connectivity index (χ1n) is 7.66. The zero-order valence-corrected chi connectivity index (χ0v) is 13.7. The summed E-state index contributed by atoms with van der Waals surface area (Å²) in [5, 5.41) is 0. The van der Waals surface area contributed by atoms with Crippen LogP contribution < -0.4 is 15.4 Å². The first kappa shape index (κ1) is 18.8. The fourth-order valence-corrected chi connectivity index (χ4v) is 2.48. The van der Waals surface area contributed by atoms with E-state index in [4.69, 9.17) is 10.5 Å². The summed E-state index contributed by atoms with van der Waals surface area (Å²) in [6.07, 6.45) is -0.0630. The van der Waals surface area contributed by atoms with Crippen LogP contribution in [0.15, 0.2) is 42.5 Å². The zero-order valence-electron chi connectivity index (χ0n) is 13.7. The van der Waals surface area contributed by atoms with Crippen LogP contribution in [0.25, 0.3) is 0 Å². The van der Waals surface area contributed by atoms with Gasteiger partial charge in [0.1, 0.15) is 24.1 Å². The summed E-state index contributed by atoms with van der Waals surface area (Å²) in [4.78, 5) is 13.8. The largest absolute Gasteiger partial charge is 0.497 e. The van der Waals surface area contributed by atoms with Crippen molar-refractivity contribution in [3.8, 4) is 5.75 Å². The Balaban J connectivity index is 2.17. The lowest BCUT2D eigenvalue weighted by Gasteiger charge is -2.25. The lowest BCUT2D eigenvalue weighted by atomic mass is 10.0. The molecule has 0 fully saturated rings. The molecule has 1 amide bonds. The third-order valence-corrected chi connectivity index (χ3v) is 3.65. The van der Waals surface area contributed by atoms with E-state index in [1.54, 1.807) is 24.3 Å². The molecule has 0 unspecified atom stereocenters. The molecule has 0 saturated heterocycles. The Morgan fingerprint density at radius 1 is 1.16 bits per heavy atom. The highest BCUT2D eigenvalue weighted by atomic mass is 19.1. The molecular formula is C18H19F3N2O2. The predicted molar refractivity (Wildman–Crippen MR) is 89.4 cm³/mol.